The van der Waals surface area contributed by atoms with Gasteiger partial charge in [0.2, 0.25) is 0 Å². The topological polar surface area (TPSA) is 208 Å². The first-order valence-corrected chi connectivity index (χ1v) is 11.6. The Labute approximate surface area is 233 Å². The maximum Gasteiger partial charge on any atom is 0.350 e. The molecular weight excluding hydrogens is 558 g/mol. The highest BCUT2D eigenvalue weighted by Gasteiger charge is 2.27. The summed E-state index contributed by atoms with van der Waals surface area (Å²) in [6.07, 6.45) is 0. The van der Waals surface area contributed by atoms with Gasteiger partial charge in [-0.1, -0.05) is 36.4 Å². The number of carbonyl (C=O) groups is 3. The predicted octanol–water partition coefficient (Wildman–Crippen LogP) is 5.07. The lowest BCUT2D eigenvalue weighted by molar-refractivity contribution is -0.385. The highest BCUT2D eigenvalue weighted by atomic mass is 16.6. The summed E-state index contributed by atoms with van der Waals surface area (Å²) >= 11 is 0. The number of nitrogens with zero attached hydrogens (tertiary/aromatic N) is 3. The van der Waals surface area contributed by atoms with Gasteiger partial charge in [-0.3, -0.25) is 30.3 Å². The number of benzene rings is 4. The van der Waals surface area contributed by atoms with Gasteiger partial charge in [-0.2, -0.15) is 0 Å². The normalized spacial score (nSPS) is 10.3. The fraction of sp³-hybridized carbons (Fsp3) is 0. The third-order valence-electron chi connectivity index (χ3n) is 5.49. The Kier molecular flexibility index (Phi) is 8.22. The lowest BCUT2D eigenvalue weighted by Gasteiger charge is -2.13. The first-order valence-electron chi connectivity index (χ1n) is 11.6. The van der Waals surface area contributed by atoms with E-state index in [4.69, 9.17) is 14.2 Å². The second kappa shape index (κ2) is 12.1. The third kappa shape index (κ3) is 6.20. The Balaban J connectivity index is 1.71. The van der Waals surface area contributed by atoms with Crippen LogP contribution in [0.25, 0.3) is 0 Å². The van der Waals surface area contributed by atoms with Gasteiger partial charge < -0.3 is 14.2 Å². The van der Waals surface area contributed by atoms with Crippen LogP contribution in [0, 0.1) is 30.3 Å². The summed E-state index contributed by atoms with van der Waals surface area (Å²) in [4.78, 5) is 70.1. The molecule has 0 aliphatic carbocycles. The molecule has 0 radical (unpaired) electrons. The summed E-state index contributed by atoms with van der Waals surface area (Å²) in [5, 5.41) is 34.0. The van der Waals surface area contributed by atoms with Crippen molar-refractivity contribution >= 4 is 35.0 Å². The summed E-state index contributed by atoms with van der Waals surface area (Å²) in [5.41, 5.74) is -3.02. The minimum absolute atomic E-state index is 0.325. The zero-order chi connectivity index (χ0) is 30.4. The van der Waals surface area contributed by atoms with E-state index in [1.54, 1.807) is 0 Å². The Hall–Kier alpha value is -6.51. The average Bonchev–Trinajstić information content (AvgIpc) is 2.98. The van der Waals surface area contributed by atoms with E-state index in [2.05, 4.69) is 0 Å². The lowest BCUT2D eigenvalue weighted by atomic mass is 10.2. The van der Waals surface area contributed by atoms with Crippen molar-refractivity contribution in [3.8, 4) is 17.2 Å². The van der Waals surface area contributed by atoms with Crippen LogP contribution in [0.15, 0.2) is 91.0 Å². The molecule has 0 heterocycles. The molecule has 0 unspecified atom stereocenters. The molecule has 0 bridgehead atoms. The number of nitro groups is 3. The molecule has 0 N–H and O–H groups in total. The first-order chi connectivity index (χ1) is 20.1. The van der Waals surface area contributed by atoms with E-state index < -0.39 is 77.9 Å². The van der Waals surface area contributed by atoms with Crippen molar-refractivity contribution in [1.82, 2.24) is 0 Å². The highest BCUT2D eigenvalue weighted by molar-refractivity contribution is 5.98. The van der Waals surface area contributed by atoms with Crippen molar-refractivity contribution < 1.29 is 43.4 Å². The van der Waals surface area contributed by atoms with E-state index in [1.165, 1.54) is 36.4 Å². The Morgan fingerprint density at radius 1 is 0.476 bits per heavy atom. The van der Waals surface area contributed by atoms with Gasteiger partial charge in [0, 0.05) is 24.3 Å². The number of hydrogen-bond donors (Lipinski definition) is 0. The van der Waals surface area contributed by atoms with Gasteiger partial charge in [-0.25, -0.2) is 14.4 Å². The number of hydrogen-bond acceptors (Lipinski definition) is 12. The van der Waals surface area contributed by atoms with E-state index in [1.807, 2.05) is 0 Å². The highest BCUT2D eigenvalue weighted by Crippen LogP contribution is 2.35. The van der Waals surface area contributed by atoms with Gasteiger partial charge in [-0.15, -0.1) is 0 Å². The average molecular weight is 573 g/mol. The number of carbonyl (C=O) groups excluding carboxylic acids is 3. The molecule has 0 aliphatic heterocycles. The molecule has 0 atom stereocenters. The largest absolute Gasteiger partial charge is 0.423 e. The molecule has 4 aromatic rings. The molecule has 0 aliphatic rings. The summed E-state index contributed by atoms with van der Waals surface area (Å²) in [7, 11) is 0. The third-order valence-corrected chi connectivity index (χ3v) is 5.49. The second-order valence-electron chi connectivity index (χ2n) is 8.10. The van der Waals surface area contributed by atoms with Crippen molar-refractivity contribution in [3.05, 3.63) is 138 Å². The summed E-state index contributed by atoms with van der Waals surface area (Å²) < 4.78 is 15.7. The van der Waals surface area contributed by atoms with Gasteiger partial charge in [0.1, 0.15) is 22.4 Å². The summed E-state index contributed by atoms with van der Waals surface area (Å²) in [6.45, 7) is 0. The van der Waals surface area contributed by atoms with Crippen LogP contribution >= 0.6 is 0 Å². The molecular formula is C27H15N3O12. The lowest BCUT2D eigenvalue weighted by Crippen LogP contribution is -2.15. The maximum atomic E-state index is 12.9. The van der Waals surface area contributed by atoms with Gasteiger partial charge in [-0.05, 0) is 30.3 Å². The minimum Gasteiger partial charge on any atom is -0.423 e. The first kappa shape index (κ1) is 28.5. The molecule has 0 spiro atoms. The molecule has 15 nitrogen and oxygen atoms in total. The monoisotopic (exact) mass is 573 g/mol. The van der Waals surface area contributed by atoms with Crippen LogP contribution < -0.4 is 14.2 Å². The second-order valence-corrected chi connectivity index (χ2v) is 8.10. The smallest absolute Gasteiger partial charge is 0.350 e. The zero-order valence-corrected chi connectivity index (χ0v) is 20.9. The Bertz CT molecular complexity index is 1770. The van der Waals surface area contributed by atoms with Crippen LogP contribution in [0.1, 0.15) is 31.1 Å². The van der Waals surface area contributed by atoms with Crippen molar-refractivity contribution in [3.63, 3.8) is 0 Å². The van der Waals surface area contributed by atoms with Crippen LogP contribution in [-0.2, 0) is 0 Å². The van der Waals surface area contributed by atoms with Crippen LogP contribution in [0.2, 0.25) is 0 Å². The zero-order valence-electron chi connectivity index (χ0n) is 20.9. The van der Waals surface area contributed by atoms with Crippen molar-refractivity contribution in [2.45, 2.75) is 0 Å². The molecule has 0 saturated heterocycles. The summed E-state index contributed by atoms with van der Waals surface area (Å²) in [6, 6.07) is 17.7. The number of para-hydroxylation sites is 3. The van der Waals surface area contributed by atoms with Crippen molar-refractivity contribution in [1.29, 1.82) is 0 Å². The van der Waals surface area contributed by atoms with Crippen molar-refractivity contribution in [2.75, 3.05) is 0 Å². The molecule has 0 fully saturated rings. The van der Waals surface area contributed by atoms with Crippen molar-refractivity contribution in [2.24, 2.45) is 0 Å². The van der Waals surface area contributed by atoms with Crippen LogP contribution in [0.3, 0.4) is 0 Å². The molecule has 0 aromatic heterocycles. The van der Waals surface area contributed by atoms with E-state index in [-0.39, 0.29) is 5.75 Å². The molecule has 42 heavy (non-hydrogen) atoms. The van der Waals surface area contributed by atoms with Gasteiger partial charge in [0.25, 0.3) is 17.1 Å². The molecule has 0 amide bonds. The predicted molar refractivity (Wildman–Crippen MR) is 141 cm³/mol. The van der Waals surface area contributed by atoms with E-state index in [0.717, 1.165) is 54.6 Å². The molecule has 0 saturated carbocycles. The van der Waals surface area contributed by atoms with Crippen LogP contribution in [-0.4, -0.2) is 32.7 Å². The fourth-order valence-electron chi connectivity index (χ4n) is 3.60. The molecule has 210 valence electrons. The van der Waals surface area contributed by atoms with E-state index in [0.29, 0.717) is 0 Å². The van der Waals surface area contributed by atoms with E-state index in [9.17, 15) is 44.7 Å². The fourth-order valence-corrected chi connectivity index (χ4v) is 3.60. The summed E-state index contributed by atoms with van der Waals surface area (Å²) in [5.74, 6) is -4.99. The number of ether oxygens (including phenoxy) is 3. The van der Waals surface area contributed by atoms with Crippen LogP contribution in [0.4, 0.5) is 17.1 Å². The Morgan fingerprint density at radius 3 is 1.24 bits per heavy atom. The van der Waals surface area contributed by atoms with Crippen LogP contribution in [0.5, 0.6) is 17.2 Å². The van der Waals surface area contributed by atoms with Gasteiger partial charge in [0.05, 0.1) is 14.8 Å². The maximum absolute atomic E-state index is 12.9. The minimum atomic E-state index is -1.26. The molecule has 4 rings (SSSR count). The number of esters is 3. The number of nitro benzene ring substituents is 3. The van der Waals surface area contributed by atoms with E-state index >= 15 is 0 Å². The molecule has 4 aromatic carbocycles. The quantitative estimate of drug-likeness (QED) is 0.111. The standard InChI is InChI=1S/C27H15N3O12/c31-25(17-7-1-4-10-20(17)28(34)35)40-16-13-14-23(41-26(32)18-8-2-5-11-21(18)29(36)37)24(15-16)42-27(33)19-9-3-6-12-22(19)30(38)39/h1-15H. The Morgan fingerprint density at radius 2 is 0.833 bits per heavy atom. The molecule has 15 heteroatoms. The van der Waals surface area contributed by atoms with Gasteiger partial charge >= 0.3 is 17.9 Å². The SMILES string of the molecule is O=C(Oc1ccc(OC(=O)c2ccccc2[N+](=O)[O-])c(OC(=O)c2ccccc2[N+](=O)[O-])c1)c1ccccc1[N+](=O)[O-]. The van der Waals surface area contributed by atoms with Gasteiger partial charge in [0.15, 0.2) is 11.5 Å². The number of rotatable bonds is 9.